The van der Waals surface area contributed by atoms with Crippen LogP contribution in [0, 0.1) is 6.92 Å². The number of hydrogen-bond acceptors (Lipinski definition) is 7. The molecule has 0 radical (unpaired) electrons. The Morgan fingerprint density at radius 3 is 2.65 bits per heavy atom. The summed E-state index contributed by atoms with van der Waals surface area (Å²) in [6, 6.07) is 11.8. The van der Waals surface area contributed by atoms with Gasteiger partial charge in [-0.2, -0.15) is 5.10 Å². The fourth-order valence-electron chi connectivity index (χ4n) is 2.65. The van der Waals surface area contributed by atoms with E-state index in [1.165, 1.54) is 11.3 Å². The van der Waals surface area contributed by atoms with Crippen molar-refractivity contribution < 1.29 is 14.2 Å². The Balaban J connectivity index is 1.67. The van der Waals surface area contributed by atoms with Gasteiger partial charge in [0, 0.05) is 10.9 Å². The topological polar surface area (TPSA) is 65.0 Å². The molecule has 0 saturated carbocycles. The number of benzene rings is 2. The Bertz CT molecular complexity index is 951. The van der Waals surface area contributed by atoms with Gasteiger partial charge in [0.2, 0.25) is 11.9 Å². The number of thiazole rings is 1. The number of fused-ring (bicyclic) bond motifs is 1. The lowest BCUT2D eigenvalue weighted by Gasteiger charge is -2.09. The first-order chi connectivity index (χ1) is 12.7. The molecule has 132 valence electrons. The van der Waals surface area contributed by atoms with Crippen molar-refractivity contribution in [3.05, 3.63) is 53.0 Å². The number of nitrogens with zero attached hydrogens (tertiary/aromatic N) is 2. The van der Waals surface area contributed by atoms with Gasteiger partial charge in [0.15, 0.2) is 11.5 Å². The van der Waals surface area contributed by atoms with Crippen molar-refractivity contribution in [1.29, 1.82) is 0 Å². The summed E-state index contributed by atoms with van der Waals surface area (Å²) in [5.74, 6) is 2.26. The molecule has 1 aliphatic rings. The van der Waals surface area contributed by atoms with E-state index in [1.54, 1.807) is 13.3 Å². The van der Waals surface area contributed by atoms with Crippen LogP contribution in [-0.2, 0) is 0 Å². The zero-order valence-electron chi connectivity index (χ0n) is 14.4. The fourth-order valence-corrected chi connectivity index (χ4v) is 3.28. The predicted octanol–water partition coefficient (Wildman–Crippen LogP) is 4.30. The van der Waals surface area contributed by atoms with Gasteiger partial charge in [-0.15, -0.1) is 11.3 Å². The van der Waals surface area contributed by atoms with Crippen LogP contribution in [-0.4, -0.2) is 25.1 Å². The molecule has 3 aromatic rings. The summed E-state index contributed by atoms with van der Waals surface area (Å²) < 4.78 is 16.3. The molecule has 2 heterocycles. The average Bonchev–Trinajstić information content (AvgIpc) is 3.29. The highest BCUT2D eigenvalue weighted by Crippen LogP contribution is 2.38. The summed E-state index contributed by atoms with van der Waals surface area (Å²) in [6.07, 6.45) is 1.76. The maximum atomic E-state index is 5.52. The predicted molar refractivity (Wildman–Crippen MR) is 103 cm³/mol. The van der Waals surface area contributed by atoms with Crippen molar-refractivity contribution in [2.45, 2.75) is 6.92 Å². The molecular weight excluding hydrogens is 350 g/mol. The van der Waals surface area contributed by atoms with Crippen LogP contribution in [0.4, 0.5) is 5.13 Å². The van der Waals surface area contributed by atoms with Crippen LogP contribution in [0.15, 0.2) is 46.9 Å². The zero-order chi connectivity index (χ0) is 17.9. The van der Waals surface area contributed by atoms with E-state index in [0.717, 1.165) is 39.0 Å². The second-order valence-electron chi connectivity index (χ2n) is 5.69. The Kier molecular flexibility index (Phi) is 4.45. The summed E-state index contributed by atoms with van der Waals surface area (Å²) in [7, 11) is 1.65. The van der Waals surface area contributed by atoms with Gasteiger partial charge in [0.25, 0.3) is 0 Å². The molecule has 0 unspecified atom stereocenters. The van der Waals surface area contributed by atoms with Crippen LogP contribution < -0.4 is 19.6 Å². The molecule has 6 nitrogen and oxygen atoms in total. The van der Waals surface area contributed by atoms with Gasteiger partial charge in [0.1, 0.15) is 5.75 Å². The minimum atomic E-state index is 0.231. The van der Waals surface area contributed by atoms with Crippen molar-refractivity contribution in [2.24, 2.45) is 5.10 Å². The molecule has 7 heteroatoms. The molecule has 0 amide bonds. The molecule has 1 aliphatic heterocycles. The fraction of sp³-hybridized carbons (Fsp3) is 0.158. The van der Waals surface area contributed by atoms with Crippen LogP contribution in [0.3, 0.4) is 0 Å². The number of ether oxygens (including phenoxy) is 3. The third kappa shape index (κ3) is 3.34. The third-order valence-corrected chi connectivity index (χ3v) is 4.79. The first kappa shape index (κ1) is 16.4. The van der Waals surface area contributed by atoms with E-state index >= 15 is 0 Å². The van der Waals surface area contributed by atoms with Gasteiger partial charge >= 0.3 is 0 Å². The van der Waals surface area contributed by atoms with Crippen molar-refractivity contribution in [3.63, 3.8) is 0 Å². The summed E-state index contributed by atoms with van der Waals surface area (Å²) in [6.45, 7) is 2.18. The Morgan fingerprint density at radius 1 is 1.19 bits per heavy atom. The lowest BCUT2D eigenvalue weighted by molar-refractivity contribution is 0.174. The highest BCUT2D eigenvalue weighted by Gasteiger charge is 2.17. The SMILES string of the molecule is COc1ccc(-c2cc3c(cc2C=NNc2nc(C)cs2)OCO3)cc1. The van der Waals surface area contributed by atoms with Crippen molar-refractivity contribution in [2.75, 3.05) is 19.3 Å². The highest BCUT2D eigenvalue weighted by molar-refractivity contribution is 7.13. The summed E-state index contributed by atoms with van der Waals surface area (Å²) >= 11 is 1.51. The van der Waals surface area contributed by atoms with E-state index in [0.29, 0.717) is 5.75 Å². The highest BCUT2D eigenvalue weighted by atomic mass is 32.1. The van der Waals surface area contributed by atoms with Crippen molar-refractivity contribution in [1.82, 2.24) is 4.98 Å². The standard InChI is InChI=1S/C19H17N3O3S/c1-12-10-26-19(21-12)22-20-9-14-7-17-18(25-11-24-17)8-16(14)13-3-5-15(23-2)6-4-13/h3-10H,11H2,1-2H3,(H,21,22). The third-order valence-electron chi connectivity index (χ3n) is 3.93. The number of hydrogen-bond donors (Lipinski definition) is 1. The van der Waals surface area contributed by atoms with Crippen LogP contribution in [0.2, 0.25) is 0 Å². The first-order valence-electron chi connectivity index (χ1n) is 8.02. The van der Waals surface area contributed by atoms with Crippen LogP contribution >= 0.6 is 11.3 Å². The van der Waals surface area contributed by atoms with E-state index in [-0.39, 0.29) is 6.79 Å². The monoisotopic (exact) mass is 367 g/mol. The lowest BCUT2D eigenvalue weighted by atomic mass is 9.99. The number of hydrazone groups is 1. The van der Waals surface area contributed by atoms with E-state index in [9.17, 15) is 0 Å². The maximum absolute atomic E-state index is 5.52. The molecular formula is C19H17N3O3S. The molecule has 26 heavy (non-hydrogen) atoms. The number of aryl methyl sites for hydroxylation is 1. The largest absolute Gasteiger partial charge is 0.497 e. The number of aromatic nitrogens is 1. The molecule has 0 bridgehead atoms. The van der Waals surface area contributed by atoms with Gasteiger partial charge in [-0.05, 0) is 42.3 Å². The Labute approximate surface area is 155 Å². The normalized spacial score (nSPS) is 12.5. The first-order valence-corrected chi connectivity index (χ1v) is 8.90. The van der Waals surface area contributed by atoms with E-state index in [2.05, 4.69) is 15.5 Å². The van der Waals surface area contributed by atoms with E-state index in [1.807, 2.05) is 48.7 Å². The van der Waals surface area contributed by atoms with Gasteiger partial charge in [0.05, 0.1) is 19.0 Å². The quantitative estimate of drug-likeness (QED) is 0.538. The molecule has 0 saturated heterocycles. The van der Waals surface area contributed by atoms with Crippen molar-refractivity contribution in [3.8, 4) is 28.4 Å². The average molecular weight is 367 g/mol. The molecule has 0 spiro atoms. The minimum absolute atomic E-state index is 0.231. The second-order valence-corrected chi connectivity index (χ2v) is 6.54. The number of rotatable bonds is 5. The summed E-state index contributed by atoms with van der Waals surface area (Å²) in [4.78, 5) is 4.33. The number of nitrogens with one attached hydrogen (secondary N) is 1. The number of methoxy groups -OCH3 is 1. The molecule has 0 aliphatic carbocycles. The summed E-state index contributed by atoms with van der Waals surface area (Å²) in [5, 5.41) is 7.05. The van der Waals surface area contributed by atoms with Gasteiger partial charge in [-0.25, -0.2) is 4.98 Å². The Morgan fingerprint density at radius 2 is 1.96 bits per heavy atom. The molecule has 4 rings (SSSR count). The maximum Gasteiger partial charge on any atom is 0.231 e. The lowest BCUT2D eigenvalue weighted by Crippen LogP contribution is -1.94. The van der Waals surface area contributed by atoms with Crippen LogP contribution in [0.5, 0.6) is 17.2 Å². The van der Waals surface area contributed by atoms with Gasteiger partial charge < -0.3 is 14.2 Å². The van der Waals surface area contributed by atoms with E-state index < -0.39 is 0 Å². The molecule has 1 N–H and O–H groups in total. The van der Waals surface area contributed by atoms with E-state index in [4.69, 9.17) is 14.2 Å². The van der Waals surface area contributed by atoms with Gasteiger partial charge in [-0.3, -0.25) is 5.43 Å². The number of anilines is 1. The van der Waals surface area contributed by atoms with Crippen LogP contribution in [0.1, 0.15) is 11.3 Å². The molecule has 0 fully saturated rings. The summed E-state index contributed by atoms with van der Waals surface area (Å²) in [5.41, 5.74) is 6.88. The molecule has 1 aromatic heterocycles. The molecule has 2 aromatic carbocycles. The van der Waals surface area contributed by atoms with Gasteiger partial charge in [-0.1, -0.05) is 12.1 Å². The smallest absolute Gasteiger partial charge is 0.231 e. The van der Waals surface area contributed by atoms with Crippen molar-refractivity contribution >= 4 is 22.7 Å². The zero-order valence-corrected chi connectivity index (χ0v) is 15.2. The second kappa shape index (κ2) is 7.05. The molecule has 0 atom stereocenters. The van der Waals surface area contributed by atoms with Crippen LogP contribution in [0.25, 0.3) is 11.1 Å². The minimum Gasteiger partial charge on any atom is -0.497 e. The Hall–Kier alpha value is -3.06.